The summed E-state index contributed by atoms with van der Waals surface area (Å²) in [5, 5.41) is 3.35. The molecule has 1 saturated heterocycles. The quantitative estimate of drug-likeness (QED) is 0.805. The SMILES string of the molecule is O=C1Cc2ccccc2N1C[C@H]1CCNC1. The first-order valence-corrected chi connectivity index (χ1v) is 5.93. The molecule has 1 aromatic carbocycles. The molecule has 16 heavy (non-hydrogen) atoms. The second-order valence-corrected chi connectivity index (χ2v) is 4.67. The monoisotopic (exact) mass is 216 g/mol. The first kappa shape index (κ1) is 9.85. The number of nitrogens with zero attached hydrogens (tertiary/aromatic N) is 1. The summed E-state index contributed by atoms with van der Waals surface area (Å²) in [5.41, 5.74) is 2.30. The van der Waals surface area contributed by atoms with E-state index in [0.717, 1.165) is 25.3 Å². The Morgan fingerprint density at radius 2 is 2.25 bits per heavy atom. The number of para-hydroxylation sites is 1. The second-order valence-electron chi connectivity index (χ2n) is 4.67. The van der Waals surface area contributed by atoms with Gasteiger partial charge in [0.15, 0.2) is 0 Å². The average Bonchev–Trinajstić information content (AvgIpc) is 2.89. The molecule has 1 amide bonds. The molecule has 1 atom stereocenters. The molecule has 0 radical (unpaired) electrons. The van der Waals surface area contributed by atoms with Crippen LogP contribution in [0.25, 0.3) is 0 Å². The number of hydrogen-bond donors (Lipinski definition) is 1. The van der Waals surface area contributed by atoms with Gasteiger partial charge in [-0.1, -0.05) is 18.2 Å². The van der Waals surface area contributed by atoms with Crippen LogP contribution < -0.4 is 10.2 Å². The zero-order valence-electron chi connectivity index (χ0n) is 9.28. The van der Waals surface area contributed by atoms with Gasteiger partial charge >= 0.3 is 0 Å². The van der Waals surface area contributed by atoms with Crippen molar-refractivity contribution in [2.45, 2.75) is 12.8 Å². The van der Waals surface area contributed by atoms with Crippen molar-refractivity contribution in [2.24, 2.45) is 5.92 Å². The Morgan fingerprint density at radius 1 is 1.38 bits per heavy atom. The first-order valence-electron chi connectivity index (χ1n) is 5.93. The molecule has 2 aliphatic rings. The maximum atomic E-state index is 11.9. The molecule has 3 rings (SSSR count). The summed E-state index contributed by atoms with van der Waals surface area (Å²) < 4.78 is 0. The van der Waals surface area contributed by atoms with Crippen LogP contribution in [0.5, 0.6) is 0 Å². The summed E-state index contributed by atoms with van der Waals surface area (Å²) in [6, 6.07) is 8.13. The number of anilines is 1. The first-order chi connectivity index (χ1) is 7.84. The highest BCUT2D eigenvalue weighted by Gasteiger charge is 2.29. The molecule has 1 N–H and O–H groups in total. The van der Waals surface area contributed by atoms with Gasteiger partial charge in [0, 0.05) is 12.2 Å². The standard InChI is InChI=1S/C13H16N2O/c16-13-7-11-3-1-2-4-12(11)15(13)9-10-5-6-14-8-10/h1-4,10,14H,5-9H2/t10-/m0/s1. The third-order valence-electron chi connectivity index (χ3n) is 3.53. The van der Waals surface area contributed by atoms with E-state index in [2.05, 4.69) is 17.4 Å². The maximum absolute atomic E-state index is 11.9. The molecule has 1 fully saturated rings. The van der Waals surface area contributed by atoms with Crippen LogP contribution in [-0.4, -0.2) is 25.5 Å². The third-order valence-corrected chi connectivity index (χ3v) is 3.53. The molecule has 2 aliphatic heterocycles. The zero-order chi connectivity index (χ0) is 11.0. The van der Waals surface area contributed by atoms with E-state index in [1.807, 2.05) is 17.0 Å². The van der Waals surface area contributed by atoms with E-state index in [0.29, 0.717) is 12.3 Å². The molecule has 0 bridgehead atoms. The molecule has 0 aromatic heterocycles. The molecule has 0 unspecified atom stereocenters. The van der Waals surface area contributed by atoms with Gasteiger partial charge in [-0.25, -0.2) is 0 Å². The highest BCUT2D eigenvalue weighted by Crippen LogP contribution is 2.29. The average molecular weight is 216 g/mol. The second kappa shape index (κ2) is 3.91. The van der Waals surface area contributed by atoms with Crippen molar-refractivity contribution in [3.05, 3.63) is 29.8 Å². The minimum Gasteiger partial charge on any atom is -0.316 e. The van der Waals surface area contributed by atoms with E-state index in [-0.39, 0.29) is 5.91 Å². The lowest BCUT2D eigenvalue weighted by Crippen LogP contribution is -2.33. The Bertz CT molecular complexity index is 410. The van der Waals surface area contributed by atoms with Gasteiger partial charge in [0.2, 0.25) is 5.91 Å². The Balaban J connectivity index is 1.81. The lowest BCUT2D eigenvalue weighted by molar-refractivity contribution is -0.117. The van der Waals surface area contributed by atoms with E-state index in [1.54, 1.807) is 0 Å². The third kappa shape index (κ3) is 1.61. The van der Waals surface area contributed by atoms with Gasteiger partial charge in [-0.15, -0.1) is 0 Å². The van der Waals surface area contributed by atoms with E-state index >= 15 is 0 Å². The zero-order valence-corrected chi connectivity index (χ0v) is 9.28. The predicted molar refractivity (Wildman–Crippen MR) is 63.5 cm³/mol. The van der Waals surface area contributed by atoms with Crippen molar-refractivity contribution < 1.29 is 4.79 Å². The van der Waals surface area contributed by atoms with Crippen LogP contribution >= 0.6 is 0 Å². The Kier molecular flexibility index (Phi) is 2.40. The number of fused-ring (bicyclic) bond motifs is 1. The van der Waals surface area contributed by atoms with Crippen molar-refractivity contribution in [1.82, 2.24) is 5.32 Å². The van der Waals surface area contributed by atoms with Crippen LogP contribution in [0.1, 0.15) is 12.0 Å². The van der Waals surface area contributed by atoms with Gasteiger partial charge in [0.25, 0.3) is 0 Å². The van der Waals surface area contributed by atoms with E-state index in [1.165, 1.54) is 12.0 Å². The summed E-state index contributed by atoms with van der Waals surface area (Å²) in [6.07, 6.45) is 1.77. The summed E-state index contributed by atoms with van der Waals surface area (Å²) in [4.78, 5) is 13.9. The molecule has 0 aliphatic carbocycles. The molecule has 3 heteroatoms. The Hall–Kier alpha value is -1.35. The predicted octanol–water partition coefficient (Wildman–Crippen LogP) is 1.19. The van der Waals surface area contributed by atoms with Crippen LogP contribution in [0.3, 0.4) is 0 Å². The van der Waals surface area contributed by atoms with Crippen LogP contribution in [-0.2, 0) is 11.2 Å². The minimum atomic E-state index is 0.258. The minimum absolute atomic E-state index is 0.258. The topological polar surface area (TPSA) is 32.3 Å². The number of benzene rings is 1. The summed E-state index contributed by atoms with van der Waals surface area (Å²) in [7, 11) is 0. The number of hydrogen-bond acceptors (Lipinski definition) is 2. The van der Waals surface area contributed by atoms with Crippen LogP contribution in [0.2, 0.25) is 0 Å². The van der Waals surface area contributed by atoms with Crippen molar-refractivity contribution in [2.75, 3.05) is 24.5 Å². The van der Waals surface area contributed by atoms with Gasteiger partial charge in [-0.3, -0.25) is 4.79 Å². The molecular formula is C13H16N2O. The summed E-state index contributed by atoms with van der Waals surface area (Å²) in [5.74, 6) is 0.878. The smallest absolute Gasteiger partial charge is 0.231 e. The van der Waals surface area contributed by atoms with E-state index in [4.69, 9.17) is 0 Å². The van der Waals surface area contributed by atoms with Crippen LogP contribution in [0, 0.1) is 5.92 Å². The van der Waals surface area contributed by atoms with Gasteiger partial charge in [-0.2, -0.15) is 0 Å². The van der Waals surface area contributed by atoms with Gasteiger partial charge in [-0.05, 0) is 37.1 Å². The molecule has 1 aromatic rings. The van der Waals surface area contributed by atoms with Crippen molar-refractivity contribution in [1.29, 1.82) is 0 Å². The Labute approximate surface area is 95.4 Å². The fourth-order valence-electron chi connectivity index (χ4n) is 2.64. The van der Waals surface area contributed by atoms with E-state index < -0.39 is 0 Å². The Morgan fingerprint density at radius 3 is 3.06 bits per heavy atom. The number of amides is 1. The van der Waals surface area contributed by atoms with Gasteiger partial charge in [0.05, 0.1) is 6.42 Å². The number of rotatable bonds is 2. The van der Waals surface area contributed by atoms with Crippen molar-refractivity contribution >= 4 is 11.6 Å². The molecule has 3 nitrogen and oxygen atoms in total. The van der Waals surface area contributed by atoms with Crippen LogP contribution in [0.15, 0.2) is 24.3 Å². The fraction of sp³-hybridized carbons (Fsp3) is 0.462. The largest absolute Gasteiger partial charge is 0.316 e. The number of carbonyl (C=O) groups is 1. The lowest BCUT2D eigenvalue weighted by atomic mass is 10.1. The number of nitrogens with one attached hydrogen (secondary N) is 1. The highest BCUT2D eigenvalue weighted by molar-refractivity contribution is 6.01. The maximum Gasteiger partial charge on any atom is 0.231 e. The summed E-state index contributed by atoms with van der Waals surface area (Å²) in [6.45, 7) is 3.02. The van der Waals surface area contributed by atoms with Crippen LogP contribution in [0.4, 0.5) is 5.69 Å². The highest BCUT2D eigenvalue weighted by atomic mass is 16.2. The molecule has 2 heterocycles. The van der Waals surface area contributed by atoms with Crippen molar-refractivity contribution in [3.63, 3.8) is 0 Å². The fourth-order valence-corrected chi connectivity index (χ4v) is 2.64. The molecule has 0 saturated carbocycles. The molecule has 84 valence electrons. The van der Waals surface area contributed by atoms with Crippen molar-refractivity contribution in [3.8, 4) is 0 Å². The molecule has 0 spiro atoms. The van der Waals surface area contributed by atoms with Gasteiger partial charge < -0.3 is 10.2 Å². The summed E-state index contributed by atoms with van der Waals surface area (Å²) >= 11 is 0. The van der Waals surface area contributed by atoms with Gasteiger partial charge in [0.1, 0.15) is 0 Å². The normalized spacial score (nSPS) is 23.9. The number of carbonyl (C=O) groups excluding carboxylic acids is 1. The van der Waals surface area contributed by atoms with E-state index in [9.17, 15) is 4.79 Å². The molecular weight excluding hydrogens is 200 g/mol. The lowest BCUT2D eigenvalue weighted by Gasteiger charge is -2.21.